The molecule has 0 amide bonds. The van der Waals surface area contributed by atoms with Gasteiger partial charge in [0.2, 0.25) is 0 Å². The van der Waals surface area contributed by atoms with Gasteiger partial charge in [-0.05, 0) is 0 Å². The number of nitrogens with two attached hydrogens (primary N) is 2. The third kappa shape index (κ3) is 1.77. The zero-order chi connectivity index (χ0) is 6.69. The van der Waals surface area contributed by atoms with E-state index in [1.54, 1.807) is 6.20 Å². The van der Waals surface area contributed by atoms with Crippen molar-refractivity contribution in [1.29, 1.82) is 0 Å². The maximum atomic E-state index is 5.41. The zero-order valence-electron chi connectivity index (χ0n) is 4.76. The number of hydrogen-bond donors (Lipinski definition) is 2. The molecule has 0 unspecified atom stereocenters. The predicted octanol–water partition coefficient (Wildman–Crippen LogP) is -0.927. The zero-order valence-corrected chi connectivity index (χ0v) is 5.87. The number of hydrogen-bond acceptors (Lipinski definition) is 3. The summed E-state index contributed by atoms with van der Waals surface area (Å²) in [4.78, 5) is 3.97. The second-order valence-corrected chi connectivity index (χ2v) is 3.03. The molecule has 3 nitrogen and oxygen atoms in total. The van der Waals surface area contributed by atoms with Crippen LogP contribution in [0.15, 0.2) is 24.4 Å². The van der Waals surface area contributed by atoms with E-state index >= 15 is 0 Å². The first-order valence-corrected chi connectivity index (χ1v) is 4.18. The number of nitrogens with zero attached hydrogens (tertiary/aromatic N) is 1. The molecule has 0 fully saturated rings. The molecule has 1 aromatic heterocycles. The van der Waals surface area contributed by atoms with Crippen LogP contribution < -0.4 is 14.1 Å². The van der Waals surface area contributed by atoms with Gasteiger partial charge in [0, 0.05) is 0 Å². The molecule has 0 saturated carbocycles. The fourth-order valence-corrected chi connectivity index (χ4v) is 1.02. The van der Waals surface area contributed by atoms with Gasteiger partial charge in [-0.3, -0.25) is 0 Å². The minimum atomic E-state index is -1.16. The molecule has 0 spiro atoms. The summed E-state index contributed by atoms with van der Waals surface area (Å²) in [5, 5.41) is 0. The van der Waals surface area contributed by atoms with Crippen LogP contribution in [-0.2, 0) is 14.3 Å². The van der Waals surface area contributed by atoms with E-state index in [2.05, 4.69) is 4.98 Å². The van der Waals surface area contributed by atoms with Gasteiger partial charge in [0.1, 0.15) is 0 Å². The van der Waals surface area contributed by atoms with Crippen molar-refractivity contribution in [3.8, 4) is 0 Å². The van der Waals surface area contributed by atoms with Crippen LogP contribution in [-0.4, -0.2) is 4.98 Å². The first kappa shape index (κ1) is 6.71. The molecule has 51 valence electrons. The van der Waals surface area contributed by atoms with Crippen LogP contribution in [0.4, 0.5) is 0 Å². The first-order valence-electron chi connectivity index (χ1n) is 2.36. The normalized spacial score (nSPS) is 11.1. The summed E-state index contributed by atoms with van der Waals surface area (Å²) in [6.45, 7) is 0. The van der Waals surface area contributed by atoms with Crippen LogP contribution in [0.3, 0.4) is 0 Å². The molecular weight excluding hydrogens is 158 g/mol. The van der Waals surface area contributed by atoms with Gasteiger partial charge in [0.25, 0.3) is 0 Å². The Balaban J connectivity index is 2.85. The second kappa shape index (κ2) is 2.94. The molecule has 0 aliphatic carbocycles. The molecule has 0 aromatic carbocycles. The number of pyridine rings is 1. The van der Waals surface area contributed by atoms with Crippen LogP contribution >= 0.6 is 0 Å². The van der Waals surface area contributed by atoms with Crippen molar-refractivity contribution in [2.45, 2.75) is 0 Å². The van der Waals surface area contributed by atoms with Gasteiger partial charge in [-0.1, -0.05) is 0 Å². The average molecular weight is 166 g/mol. The van der Waals surface area contributed by atoms with Gasteiger partial charge in [0.05, 0.1) is 0 Å². The van der Waals surface area contributed by atoms with Gasteiger partial charge in [-0.15, -0.1) is 0 Å². The van der Waals surface area contributed by atoms with Crippen LogP contribution in [0.1, 0.15) is 0 Å². The standard InChI is InChI=1S/C5H4N.Fe.2H2N/c1-2-4-6-5-3-1;;;/h1-4H;;2*1H2/q;+2;2*-1. The summed E-state index contributed by atoms with van der Waals surface area (Å²) in [5.41, 5.74) is 0. The Morgan fingerprint density at radius 1 is 1.33 bits per heavy atom. The molecule has 9 heavy (non-hydrogen) atoms. The SMILES string of the molecule is [NH2][Fe]([NH2])[c]1ccccn1. The molecule has 4 heteroatoms. The van der Waals surface area contributed by atoms with Crippen LogP contribution in [0.25, 0.3) is 0 Å². The van der Waals surface area contributed by atoms with Gasteiger partial charge in [0.15, 0.2) is 0 Å². The fraction of sp³-hybridized carbons (Fsp3) is 0. The van der Waals surface area contributed by atoms with Crippen LogP contribution in [0.2, 0.25) is 0 Å². The average Bonchev–Trinajstić information content (AvgIpc) is 1.90. The van der Waals surface area contributed by atoms with E-state index < -0.39 is 14.3 Å². The first-order chi connectivity index (χ1) is 4.30. The third-order valence-electron chi connectivity index (χ3n) is 0.831. The monoisotopic (exact) mass is 166 g/mol. The van der Waals surface area contributed by atoms with Crippen LogP contribution in [0.5, 0.6) is 0 Å². The van der Waals surface area contributed by atoms with E-state index in [-0.39, 0.29) is 0 Å². The van der Waals surface area contributed by atoms with E-state index in [9.17, 15) is 0 Å². The molecular formula is C5H8FeN3. The summed E-state index contributed by atoms with van der Waals surface area (Å²) < 4.78 is 11.6. The Bertz CT molecular complexity index is 175. The van der Waals surface area contributed by atoms with Crippen molar-refractivity contribution in [3.05, 3.63) is 24.4 Å². The van der Waals surface area contributed by atoms with E-state index in [1.807, 2.05) is 18.2 Å². The molecule has 0 bridgehead atoms. The molecule has 0 aliphatic heterocycles. The van der Waals surface area contributed by atoms with E-state index in [0.29, 0.717) is 0 Å². The van der Waals surface area contributed by atoms with Crippen molar-refractivity contribution < 1.29 is 14.3 Å². The predicted molar refractivity (Wildman–Crippen MR) is 32.2 cm³/mol. The van der Waals surface area contributed by atoms with E-state index in [1.165, 1.54) is 0 Å². The second-order valence-electron chi connectivity index (χ2n) is 1.46. The molecule has 1 rings (SSSR count). The van der Waals surface area contributed by atoms with Crippen LogP contribution in [0, 0.1) is 0 Å². The molecule has 0 atom stereocenters. The van der Waals surface area contributed by atoms with Gasteiger partial charge in [-0.2, -0.15) is 0 Å². The summed E-state index contributed by atoms with van der Waals surface area (Å²) in [5.74, 6) is 0. The molecule has 1 heterocycles. The van der Waals surface area contributed by atoms with Gasteiger partial charge >= 0.3 is 57.8 Å². The topological polar surface area (TPSA) is 64.9 Å². The molecule has 0 radical (unpaired) electrons. The Kier molecular flexibility index (Phi) is 2.19. The minimum absolute atomic E-state index is 0.803. The Labute approximate surface area is 58.4 Å². The van der Waals surface area contributed by atoms with Gasteiger partial charge in [-0.25, -0.2) is 0 Å². The third-order valence-corrected chi connectivity index (χ3v) is 1.81. The van der Waals surface area contributed by atoms with Crippen molar-refractivity contribution in [2.24, 2.45) is 9.50 Å². The number of aromatic nitrogens is 1. The van der Waals surface area contributed by atoms with E-state index in [4.69, 9.17) is 9.50 Å². The summed E-state index contributed by atoms with van der Waals surface area (Å²) >= 11 is -1.16. The quantitative estimate of drug-likeness (QED) is 0.530. The fourth-order valence-electron chi connectivity index (χ4n) is 0.458. The summed E-state index contributed by atoms with van der Waals surface area (Å²) in [6, 6.07) is 5.55. The maximum absolute atomic E-state index is 5.41. The summed E-state index contributed by atoms with van der Waals surface area (Å²) in [6.07, 6.45) is 1.69. The van der Waals surface area contributed by atoms with Crippen molar-refractivity contribution >= 4 is 4.59 Å². The van der Waals surface area contributed by atoms with Crippen molar-refractivity contribution in [1.82, 2.24) is 4.98 Å². The Morgan fingerprint density at radius 3 is 2.44 bits per heavy atom. The van der Waals surface area contributed by atoms with Crippen molar-refractivity contribution in [3.63, 3.8) is 0 Å². The van der Waals surface area contributed by atoms with E-state index in [0.717, 1.165) is 4.59 Å². The van der Waals surface area contributed by atoms with Gasteiger partial charge < -0.3 is 0 Å². The number of rotatable bonds is 1. The van der Waals surface area contributed by atoms with Crippen molar-refractivity contribution in [2.75, 3.05) is 0 Å². The summed E-state index contributed by atoms with van der Waals surface area (Å²) in [7, 11) is 0. The molecule has 4 N–H and O–H groups in total. The molecule has 0 saturated heterocycles. The molecule has 1 aromatic rings. The molecule has 0 aliphatic rings. The Hall–Kier alpha value is -0.411. The Morgan fingerprint density at radius 2 is 2.11 bits per heavy atom.